The summed E-state index contributed by atoms with van der Waals surface area (Å²) in [4.78, 5) is 26.3. The lowest BCUT2D eigenvalue weighted by Crippen LogP contribution is -2.41. The van der Waals surface area contributed by atoms with Crippen LogP contribution in [0.25, 0.3) is 10.9 Å². The number of aromatic nitrogens is 3. The van der Waals surface area contributed by atoms with Crippen molar-refractivity contribution in [1.29, 1.82) is 0 Å². The standard InChI is InChI=1S/C21H26N6O2/c28-21(23-7-8-27-9-11-29-12-10-27)19-14-26-20(15-25-19)22-6-5-16-13-24-18-4-2-1-3-17(16)18/h1-4,13-15,24H,5-12H2,(H,22,26)(H,23,28). The first-order valence-corrected chi connectivity index (χ1v) is 9.99. The molecule has 0 atom stereocenters. The number of carbonyl (C=O) groups excluding carboxylic acids is 1. The molecule has 1 amide bonds. The fourth-order valence-electron chi connectivity index (χ4n) is 3.44. The number of benzene rings is 1. The van der Waals surface area contributed by atoms with Gasteiger partial charge in [0.2, 0.25) is 0 Å². The van der Waals surface area contributed by atoms with Crippen molar-refractivity contribution >= 4 is 22.6 Å². The molecule has 8 nitrogen and oxygen atoms in total. The summed E-state index contributed by atoms with van der Waals surface area (Å²) in [6.07, 6.45) is 6.03. The minimum Gasteiger partial charge on any atom is -0.379 e. The van der Waals surface area contributed by atoms with Crippen LogP contribution < -0.4 is 10.6 Å². The Morgan fingerprint density at radius 1 is 1.14 bits per heavy atom. The molecule has 1 aliphatic heterocycles. The highest BCUT2D eigenvalue weighted by Crippen LogP contribution is 2.18. The third-order valence-corrected chi connectivity index (χ3v) is 5.08. The van der Waals surface area contributed by atoms with Gasteiger partial charge in [-0.05, 0) is 18.1 Å². The lowest BCUT2D eigenvalue weighted by Gasteiger charge is -2.26. The molecule has 0 unspecified atom stereocenters. The maximum absolute atomic E-state index is 12.2. The van der Waals surface area contributed by atoms with Crippen molar-refractivity contribution < 1.29 is 9.53 Å². The average molecular weight is 394 g/mol. The first-order valence-electron chi connectivity index (χ1n) is 9.99. The number of hydrogen-bond acceptors (Lipinski definition) is 6. The van der Waals surface area contributed by atoms with Crippen LogP contribution in [0.3, 0.4) is 0 Å². The van der Waals surface area contributed by atoms with E-state index >= 15 is 0 Å². The zero-order valence-electron chi connectivity index (χ0n) is 16.4. The summed E-state index contributed by atoms with van der Waals surface area (Å²) in [6, 6.07) is 8.26. The number of aromatic amines is 1. The molecule has 8 heteroatoms. The third kappa shape index (κ3) is 5.10. The molecule has 0 saturated carbocycles. The molecule has 1 saturated heterocycles. The molecule has 3 aromatic rings. The van der Waals surface area contributed by atoms with Gasteiger partial charge in [-0.25, -0.2) is 9.97 Å². The molecule has 0 bridgehead atoms. The zero-order chi connectivity index (χ0) is 19.9. The maximum atomic E-state index is 12.2. The summed E-state index contributed by atoms with van der Waals surface area (Å²) >= 11 is 0. The largest absolute Gasteiger partial charge is 0.379 e. The van der Waals surface area contributed by atoms with E-state index in [1.165, 1.54) is 17.1 Å². The minimum atomic E-state index is -0.198. The summed E-state index contributed by atoms with van der Waals surface area (Å²) in [5.41, 5.74) is 2.73. The van der Waals surface area contributed by atoms with Gasteiger partial charge in [-0.15, -0.1) is 0 Å². The average Bonchev–Trinajstić information content (AvgIpc) is 3.18. The van der Waals surface area contributed by atoms with Crippen molar-refractivity contribution in [3.05, 3.63) is 54.1 Å². The highest BCUT2D eigenvalue weighted by molar-refractivity contribution is 5.92. The predicted octanol–water partition coefficient (Wildman–Crippen LogP) is 1.67. The minimum absolute atomic E-state index is 0.198. The first kappa shape index (κ1) is 19.4. The number of ether oxygens (including phenoxy) is 1. The molecule has 29 heavy (non-hydrogen) atoms. The van der Waals surface area contributed by atoms with Crippen molar-refractivity contribution in [3.63, 3.8) is 0 Å². The molecule has 2 aromatic heterocycles. The highest BCUT2D eigenvalue weighted by Gasteiger charge is 2.12. The number of rotatable bonds is 8. The molecule has 1 aliphatic rings. The highest BCUT2D eigenvalue weighted by atomic mass is 16.5. The Morgan fingerprint density at radius 2 is 2.00 bits per heavy atom. The van der Waals surface area contributed by atoms with E-state index in [2.05, 4.69) is 42.6 Å². The first-order chi connectivity index (χ1) is 14.3. The second kappa shape index (κ2) is 9.49. The number of para-hydroxylation sites is 1. The van der Waals surface area contributed by atoms with Gasteiger partial charge in [0.1, 0.15) is 11.5 Å². The summed E-state index contributed by atoms with van der Waals surface area (Å²) in [5, 5.41) is 7.40. The van der Waals surface area contributed by atoms with Gasteiger partial charge in [-0.1, -0.05) is 18.2 Å². The van der Waals surface area contributed by atoms with Crippen LogP contribution in [0.5, 0.6) is 0 Å². The molecule has 4 rings (SSSR count). The number of anilines is 1. The molecular formula is C21H26N6O2. The number of carbonyl (C=O) groups is 1. The van der Waals surface area contributed by atoms with Gasteiger partial charge in [0.05, 0.1) is 25.6 Å². The van der Waals surface area contributed by atoms with Crippen molar-refractivity contribution in [2.75, 3.05) is 51.3 Å². The van der Waals surface area contributed by atoms with Gasteiger partial charge in [0.25, 0.3) is 5.91 Å². The van der Waals surface area contributed by atoms with Crippen LogP contribution in [0.2, 0.25) is 0 Å². The monoisotopic (exact) mass is 394 g/mol. The molecule has 152 valence electrons. The van der Waals surface area contributed by atoms with Crippen LogP contribution in [0.15, 0.2) is 42.9 Å². The number of H-pyrrole nitrogens is 1. The Bertz CT molecular complexity index is 934. The smallest absolute Gasteiger partial charge is 0.271 e. The van der Waals surface area contributed by atoms with Crippen molar-refractivity contribution in [2.45, 2.75) is 6.42 Å². The van der Waals surface area contributed by atoms with Crippen molar-refractivity contribution in [2.24, 2.45) is 0 Å². The Hall–Kier alpha value is -2.97. The van der Waals surface area contributed by atoms with E-state index in [4.69, 9.17) is 4.74 Å². The lowest BCUT2D eigenvalue weighted by atomic mass is 10.1. The van der Waals surface area contributed by atoms with E-state index < -0.39 is 0 Å². The molecule has 1 fully saturated rings. The molecular weight excluding hydrogens is 368 g/mol. The van der Waals surface area contributed by atoms with Gasteiger partial charge >= 0.3 is 0 Å². The molecule has 0 aliphatic carbocycles. The van der Waals surface area contributed by atoms with Crippen LogP contribution in [-0.2, 0) is 11.2 Å². The van der Waals surface area contributed by atoms with Gasteiger partial charge in [0, 0.05) is 49.8 Å². The Balaban J connectivity index is 1.21. The van der Waals surface area contributed by atoms with E-state index in [-0.39, 0.29) is 5.91 Å². The topological polar surface area (TPSA) is 95.2 Å². The number of hydrogen-bond donors (Lipinski definition) is 3. The Morgan fingerprint density at radius 3 is 2.83 bits per heavy atom. The fraction of sp³-hybridized carbons (Fsp3) is 0.381. The summed E-state index contributed by atoms with van der Waals surface area (Å²) in [7, 11) is 0. The number of nitrogens with zero attached hydrogens (tertiary/aromatic N) is 3. The summed E-state index contributed by atoms with van der Waals surface area (Å²) in [6.45, 7) is 5.48. The van der Waals surface area contributed by atoms with Gasteiger partial charge in [-0.3, -0.25) is 9.69 Å². The maximum Gasteiger partial charge on any atom is 0.271 e. The van der Waals surface area contributed by atoms with Crippen LogP contribution in [-0.4, -0.2) is 71.7 Å². The Labute approximate surface area is 169 Å². The molecule has 0 spiro atoms. The third-order valence-electron chi connectivity index (χ3n) is 5.08. The molecule has 3 heterocycles. The van der Waals surface area contributed by atoms with E-state index in [0.717, 1.165) is 51.3 Å². The number of amides is 1. The molecule has 1 aromatic carbocycles. The van der Waals surface area contributed by atoms with Crippen LogP contribution in [0, 0.1) is 0 Å². The quantitative estimate of drug-likeness (QED) is 0.538. The number of morpholine rings is 1. The normalized spacial score (nSPS) is 14.8. The fourth-order valence-corrected chi connectivity index (χ4v) is 3.44. The van der Waals surface area contributed by atoms with Crippen molar-refractivity contribution in [1.82, 2.24) is 25.2 Å². The van der Waals surface area contributed by atoms with Crippen LogP contribution in [0.4, 0.5) is 5.82 Å². The lowest BCUT2D eigenvalue weighted by molar-refractivity contribution is 0.0383. The zero-order valence-corrected chi connectivity index (χ0v) is 16.4. The number of nitrogens with one attached hydrogen (secondary N) is 3. The summed E-state index contributed by atoms with van der Waals surface area (Å²) in [5.74, 6) is 0.464. The van der Waals surface area contributed by atoms with Crippen LogP contribution >= 0.6 is 0 Å². The van der Waals surface area contributed by atoms with E-state index in [1.807, 2.05) is 18.3 Å². The second-order valence-corrected chi connectivity index (χ2v) is 7.03. The molecule has 3 N–H and O–H groups in total. The molecule has 0 radical (unpaired) electrons. The van der Waals surface area contributed by atoms with Gasteiger partial charge in [0.15, 0.2) is 0 Å². The van der Waals surface area contributed by atoms with E-state index in [1.54, 1.807) is 6.20 Å². The van der Waals surface area contributed by atoms with E-state index in [9.17, 15) is 4.79 Å². The SMILES string of the molecule is O=C(NCCN1CCOCC1)c1cnc(NCCc2c[nH]c3ccccc23)cn1. The second-order valence-electron chi connectivity index (χ2n) is 7.03. The van der Waals surface area contributed by atoms with E-state index in [0.29, 0.717) is 18.1 Å². The van der Waals surface area contributed by atoms with Crippen LogP contribution in [0.1, 0.15) is 16.1 Å². The van der Waals surface area contributed by atoms with Gasteiger partial charge < -0.3 is 20.4 Å². The van der Waals surface area contributed by atoms with Crippen molar-refractivity contribution in [3.8, 4) is 0 Å². The Kier molecular flexibility index (Phi) is 6.33. The summed E-state index contributed by atoms with van der Waals surface area (Å²) < 4.78 is 5.32. The van der Waals surface area contributed by atoms with Gasteiger partial charge in [-0.2, -0.15) is 0 Å². The predicted molar refractivity (Wildman–Crippen MR) is 112 cm³/mol. The number of fused-ring (bicyclic) bond motifs is 1.